The van der Waals surface area contributed by atoms with E-state index in [0.29, 0.717) is 32.7 Å². The summed E-state index contributed by atoms with van der Waals surface area (Å²) in [6, 6.07) is 5.10. The molecule has 0 aliphatic carbocycles. The number of hydrogen-bond acceptors (Lipinski definition) is 5. The highest BCUT2D eigenvalue weighted by atomic mass is 19.4. The second-order valence-electron chi connectivity index (χ2n) is 5.82. The highest BCUT2D eigenvalue weighted by molar-refractivity contribution is 5.57. The van der Waals surface area contributed by atoms with Crippen LogP contribution in [0.15, 0.2) is 18.2 Å². The Morgan fingerprint density at radius 3 is 2.71 bits per heavy atom. The van der Waals surface area contributed by atoms with Crippen LogP contribution in [0.3, 0.4) is 0 Å². The van der Waals surface area contributed by atoms with Crippen LogP contribution in [0.4, 0.5) is 18.9 Å². The number of rotatable bonds is 3. The Kier molecular flexibility index (Phi) is 4.67. The number of halogens is 3. The van der Waals surface area contributed by atoms with Gasteiger partial charge in [0.05, 0.1) is 37.0 Å². The number of nitrogens with zero attached hydrogens (tertiary/aromatic N) is 1. The van der Waals surface area contributed by atoms with Gasteiger partial charge in [0.2, 0.25) is 0 Å². The van der Waals surface area contributed by atoms with Crippen molar-refractivity contribution in [3.8, 4) is 6.07 Å². The predicted octanol–water partition coefficient (Wildman–Crippen LogP) is 2.91. The minimum atomic E-state index is -4.49. The number of hydrogen-bond donors (Lipinski definition) is 1. The highest BCUT2D eigenvalue weighted by Crippen LogP contribution is 2.36. The van der Waals surface area contributed by atoms with Crippen molar-refractivity contribution in [2.45, 2.75) is 30.9 Å². The van der Waals surface area contributed by atoms with E-state index in [-0.39, 0.29) is 23.9 Å². The van der Waals surface area contributed by atoms with E-state index >= 15 is 0 Å². The summed E-state index contributed by atoms with van der Waals surface area (Å²) in [4.78, 5) is 0. The molecule has 24 heavy (non-hydrogen) atoms. The van der Waals surface area contributed by atoms with Crippen molar-refractivity contribution in [2.24, 2.45) is 0 Å². The fourth-order valence-corrected chi connectivity index (χ4v) is 2.89. The molecule has 0 radical (unpaired) electrons. The predicted molar refractivity (Wildman–Crippen MR) is 78.3 cm³/mol. The third-order valence-corrected chi connectivity index (χ3v) is 4.14. The summed E-state index contributed by atoms with van der Waals surface area (Å²) in [5.74, 6) is -0.675. The second-order valence-corrected chi connectivity index (χ2v) is 5.82. The van der Waals surface area contributed by atoms with E-state index in [4.69, 9.17) is 19.5 Å². The number of nitrogens with one attached hydrogen (secondary N) is 1. The van der Waals surface area contributed by atoms with Crippen LogP contribution in [0.2, 0.25) is 0 Å². The quantitative estimate of drug-likeness (QED) is 0.915. The molecule has 0 saturated carbocycles. The van der Waals surface area contributed by atoms with Crippen LogP contribution in [-0.2, 0) is 20.4 Å². The lowest BCUT2D eigenvalue weighted by molar-refractivity contribution is -0.209. The Hall–Kier alpha value is -1.82. The van der Waals surface area contributed by atoms with Crippen LogP contribution >= 0.6 is 0 Å². The summed E-state index contributed by atoms with van der Waals surface area (Å²) in [5, 5.41) is 11.6. The van der Waals surface area contributed by atoms with Crippen molar-refractivity contribution in [3.05, 3.63) is 29.3 Å². The third kappa shape index (κ3) is 3.64. The van der Waals surface area contributed by atoms with Gasteiger partial charge in [0.25, 0.3) is 0 Å². The van der Waals surface area contributed by atoms with Gasteiger partial charge < -0.3 is 19.5 Å². The van der Waals surface area contributed by atoms with E-state index in [1.807, 2.05) is 6.07 Å². The molecule has 130 valence electrons. The zero-order valence-electron chi connectivity index (χ0n) is 12.9. The summed E-state index contributed by atoms with van der Waals surface area (Å²) in [5.41, 5.74) is -0.769. The van der Waals surface area contributed by atoms with Crippen LogP contribution in [0, 0.1) is 11.3 Å². The monoisotopic (exact) mass is 342 g/mol. The first kappa shape index (κ1) is 17.0. The van der Waals surface area contributed by atoms with Gasteiger partial charge in [-0.05, 0) is 18.2 Å². The zero-order chi connectivity index (χ0) is 17.2. The van der Waals surface area contributed by atoms with E-state index in [1.165, 1.54) is 6.07 Å². The van der Waals surface area contributed by atoms with Crippen molar-refractivity contribution < 1.29 is 27.4 Å². The largest absolute Gasteiger partial charge is 0.418 e. The smallest absolute Gasteiger partial charge is 0.382 e. The molecule has 2 fully saturated rings. The molecule has 2 saturated heterocycles. The van der Waals surface area contributed by atoms with Crippen molar-refractivity contribution in [1.82, 2.24) is 0 Å². The number of ether oxygens (including phenoxy) is 3. The van der Waals surface area contributed by atoms with E-state index in [9.17, 15) is 13.2 Å². The lowest BCUT2D eigenvalue weighted by Crippen LogP contribution is -2.38. The molecule has 0 amide bonds. The minimum Gasteiger partial charge on any atom is -0.382 e. The molecule has 2 aliphatic rings. The van der Waals surface area contributed by atoms with Crippen molar-refractivity contribution in [1.29, 1.82) is 5.26 Å². The van der Waals surface area contributed by atoms with Gasteiger partial charge in [-0.15, -0.1) is 0 Å². The van der Waals surface area contributed by atoms with Gasteiger partial charge in [-0.1, -0.05) is 0 Å². The molecular formula is C16H17F3N2O3. The van der Waals surface area contributed by atoms with Crippen molar-refractivity contribution in [3.63, 3.8) is 0 Å². The molecule has 8 heteroatoms. The van der Waals surface area contributed by atoms with Crippen LogP contribution in [-0.4, -0.2) is 38.3 Å². The first-order valence-electron chi connectivity index (χ1n) is 7.67. The molecule has 1 atom stereocenters. The molecular weight excluding hydrogens is 325 g/mol. The van der Waals surface area contributed by atoms with Gasteiger partial charge in [-0.2, -0.15) is 18.4 Å². The highest BCUT2D eigenvalue weighted by Gasteiger charge is 2.43. The minimum absolute atomic E-state index is 0.127. The molecule has 5 nitrogen and oxygen atoms in total. The van der Waals surface area contributed by atoms with Crippen molar-refractivity contribution in [2.75, 3.05) is 31.7 Å². The Balaban J connectivity index is 1.67. The van der Waals surface area contributed by atoms with E-state index in [0.717, 1.165) is 12.1 Å². The van der Waals surface area contributed by atoms with Gasteiger partial charge in [-0.25, -0.2) is 0 Å². The average molecular weight is 342 g/mol. The van der Waals surface area contributed by atoms with Crippen LogP contribution in [0.5, 0.6) is 0 Å². The Labute approximate surface area is 137 Å². The molecule has 3 rings (SSSR count). The van der Waals surface area contributed by atoms with Crippen LogP contribution < -0.4 is 5.32 Å². The standard InChI is InChI=1S/C16H17F3N2O3/c17-16(18,19)13-2-1-11(8-20)7-14(13)21-9-12-10-23-15(24-12)3-5-22-6-4-15/h1-2,7,12,21H,3-6,9-10H2. The number of nitriles is 1. The molecule has 1 aromatic rings. The van der Waals surface area contributed by atoms with E-state index in [1.54, 1.807) is 0 Å². The summed E-state index contributed by atoms with van der Waals surface area (Å²) in [7, 11) is 0. The second kappa shape index (κ2) is 6.59. The zero-order valence-corrected chi connectivity index (χ0v) is 12.9. The van der Waals surface area contributed by atoms with Crippen LogP contribution in [0.1, 0.15) is 24.0 Å². The molecule has 0 bridgehead atoms. The summed E-state index contributed by atoms with van der Waals surface area (Å²) in [6.07, 6.45) is -3.62. The Morgan fingerprint density at radius 1 is 1.29 bits per heavy atom. The fraction of sp³-hybridized carbons (Fsp3) is 0.562. The van der Waals surface area contributed by atoms with Gasteiger partial charge in [0.1, 0.15) is 6.10 Å². The Bertz CT molecular complexity index is 636. The van der Waals surface area contributed by atoms with Gasteiger partial charge in [-0.3, -0.25) is 0 Å². The van der Waals surface area contributed by atoms with E-state index < -0.39 is 17.5 Å². The summed E-state index contributed by atoms with van der Waals surface area (Å²) >= 11 is 0. The Morgan fingerprint density at radius 2 is 2.04 bits per heavy atom. The molecule has 0 aromatic heterocycles. The lowest BCUT2D eigenvalue weighted by atomic mass is 10.1. The average Bonchev–Trinajstić information content (AvgIpc) is 2.95. The summed E-state index contributed by atoms with van der Waals surface area (Å²) in [6.45, 7) is 1.57. The maximum atomic E-state index is 13.1. The first-order chi connectivity index (χ1) is 11.4. The molecule has 2 heterocycles. The summed E-state index contributed by atoms with van der Waals surface area (Å²) < 4.78 is 56.1. The first-order valence-corrected chi connectivity index (χ1v) is 7.67. The van der Waals surface area contributed by atoms with Gasteiger partial charge >= 0.3 is 6.18 Å². The number of alkyl halides is 3. The normalized spacial score (nSPS) is 23.2. The van der Waals surface area contributed by atoms with Gasteiger partial charge in [0.15, 0.2) is 5.79 Å². The topological polar surface area (TPSA) is 63.5 Å². The lowest BCUT2D eigenvalue weighted by Gasteiger charge is -2.31. The number of anilines is 1. The fourth-order valence-electron chi connectivity index (χ4n) is 2.89. The van der Waals surface area contributed by atoms with Gasteiger partial charge in [0, 0.05) is 25.1 Å². The number of benzene rings is 1. The molecule has 1 aromatic carbocycles. The SMILES string of the molecule is N#Cc1ccc(C(F)(F)F)c(NCC2COC3(CCOCC3)O2)c1. The molecule has 2 aliphatic heterocycles. The van der Waals surface area contributed by atoms with Crippen molar-refractivity contribution >= 4 is 5.69 Å². The third-order valence-electron chi connectivity index (χ3n) is 4.14. The van der Waals surface area contributed by atoms with Crippen LogP contribution in [0.25, 0.3) is 0 Å². The van der Waals surface area contributed by atoms with E-state index in [2.05, 4.69) is 5.32 Å². The molecule has 1 N–H and O–H groups in total. The molecule has 1 unspecified atom stereocenters. The molecule has 1 spiro atoms. The maximum Gasteiger partial charge on any atom is 0.418 e. The maximum absolute atomic E-state index is 13.1.